The summed E-state index contributed by atoms with van der Waals surface area (Å²) in [5.74, 6) is -0.275. The fourth-order valence-electron chi connectivity index (χ4n) is 1.09. The third kappa shape index (κ3) is 10.9. The molecule has 15 heavy (non-hydrogen) atoms. The van der Waals surface area contributed by atoms with Crippen molar-refractivity contribution in [2.45, 2.75) is 52.6 Å². The van der Waals surface area contributed by atoms with Gasteiger partial charge in [-0.2, -0.15) is 0 Å². The van der Waals surface area contributed by atoms with Gasteiger partial charge in [0, 0.05) is 6.08 Å². The van der Waals surface area contributed by atoms with Crippen molar-refractivity contribution in [1.29, 1.82) is 0 Å². The summed E-state index contributed by atoms with van der Waals surface area (Å²) in [5, 5.41) is 0. The minimum absolute atomic E-state index is 0.0457. The smallest absolute Gasteiger partial charge is 0.330 e. The van der Waals surface area contributed by atoms with Crippen molar-refractivity contribution in [3.8, 4) is 0 Å². The summed E-state index contributed by atoms with van der Waals surface area (Å²) >= 11 is 0. The normalized spacial score (nSPS) is 11.7. The fraction of sp³-hybridized carbons (Fsp3) is 0.615. The molecule has 0 atom stereocenters. The summed E-state index contributed by atoms with van der Waals surface area (Å²) < 4.78 is 4.94. The molecule has 0 aromatic heterocycles. The second-order valence-corrected chi connectivity index (χ2v) is 3.77. The number of allylic oxidation sites excluding steroid dienone is 3. The molecule has 0 spiro atoms. The Morgan fingerprint density at radius 3 is 2.60 bits per heavy atom. The summed E-state index contributed by atoms with van der Waals surface area (Å²) in [5.41, 5.74) is 0. The van der Waals surface area contributed by atoms with Crippen LogP contribution in [-0.2, 0) is 9.53 Å². The number of carbonyl (C=O) groups excluding carboxylic acids is 1. The minimum atomic E-state index is -0.275. The molecule has 0 saturated carbocycles. The van der Waals surface area contributed by atoms with Gasteiger partial charge in [0.1, 0.15) is 0 Å². The highest BCUT2D eigenvalue weighted by atomic mass is 16.5. The number of unbranched alkanes of at least 4 members (excludes halogenated alkanes) is 3. The van der Waals surface area contributed by atoms with Gasteiger partial charge in [0.15, 0.2) is 0 Å². The number of esters is 1. The predicted molar refractivity (Wildman–Crippen MR) is 63.7 cm³/mol. The summed E-state index contributed by atoms with van der Waals surface area (Å²) in [4.78, 5) is 11.0. The molecule has 0 N–H and O–H groups in total. The first kappa shape index (κ1) is 13.9. The van der Waals surface area contributed by atoms with Gasteiger partial charge in [-0.15, -0.1) is 0 Å². The molecule has 86 valence electrons. The first-order valence-corrected chi connectivity index (χ1v) is 5.70. The van der Waals surface area contributed by atoms with E-state index < -0.39 is 0 Å². The van der Waals surface area contributed by atoms with Crippen LogP contribution in [0.5, 0.6) is 0 Å². The monoisotopic (exact) mass is 210 g/mol. The summed E-state index contributed by atoms with van der Waals surface area (Å²) in [6, 6.07) is 0. The largest absolute Gasteiger partial charge is 0.460 e. The summed E-state index contributed by atoms with van der Waals surface area (Å²) in [7, 11) is 0. The molecule has 0 heterocycles. The Balaban J connectivity index is 3.55. The molecule has 0 fully saturated rings. The van der Waals surface area contributed by atoms with Gasteiger partial charge in [0.05, 0.1) is 6.10 Å². The number of rotatable bonds is 7. The average Bonchev–Trinajstić information content (AvgIpc) is 2.15. The number of carbonyl (C=O) groups is 1. The lowest BCUT2D eigenvalue weighted by Crippen LogP contribution is -2.08. The molecule has 0 aliphatic heterocycles. The lowest BCUT2D eigenvalue weighted by molar-refractivity contribution is -0.141. The van der Waals surface area contributed by atoms with Crippen LogP contribution in [0.2, 0.25) is 0 Å². The molecule has 0 amide bonds. The molecule has 0 radical (unpaired) electrons. The second kappa shape index (κ2) is 9.50. The Hall–Kier alpha value is -1.05. The maximum absolute atomic E-state index is 11.0. The molecule has 0 saturated heterocycles. The molecule has 2 nitrogen and oxygen atoms in total. The molecule has 0 aromatic carbocycles. The van der Waals surface area contributed by atoms with E-state index in [1.165, 1.54) is 25.3 Å². The van der Waals surface area contributed by atoms with Crippen molar-refractivity contribution < 1.29 is 9.53 Å². The quantitative estimate of drug-likeness (QED) is 0.277. The maximum atomic E-state index is 11.0. The zero-order valence-electron chi connectivity index (χ0n) is 10.0. The second-order valence-electron chi connectivity index (χ2n) is 3.77. The highest BCUT2D eigenvalue weighted by Gasteiger charge is 1.97. The zero-order valence-corrected chi connectivity index (χ0v) is 10.0. The van der Waals surface area contributed by atoms with Crippen molar-refractivity contribution in [3.63, 3.8) is 0 Å². The van der Waals surface area contributed by atoms with Gasteiger partial charge in [0.2, 0.25) is 0 Å². The van der Waals surface area contributed by atoms with Gasteiger partial charge in [0.25, 0.3) is 0 Å². The van der Waals surface area contributed by atoms with Crippen molar-refractivity contribution in [2.24, 2.45) is 0 Å². The van der Waals surface area contributed by atoms with E-state index in [0.29, 0.717) is 0 Å². The van der Waals surface area contributed by atoms with Gasteiger partial charge in [-0.1, -0.05) is 38.0 Å². The van der Waals surface area contributed by atoms with Crippen LogP contribution >= 0.6 is 0 Å². The molecule has 0 unspecified atom stereocenters. The Bertz CT molecular complexity index is 215. The van der Waals surface area contributed by atoms with Crippen molar-refractivity contribution >= 4 is 5.97 Å². The van der Waals surface area contributed by atoms with Crippen molar-refractivity contribution in [2.75, 3.05) is 0 Å². The summed E-state index contributed by atoms with van der Waals surface area (Å²) in [6.45, 7) is 5.87. The first-order valence-electron chi connectivity index (χ1n) is 5.70. The van der Waals surface area contributed by atoms with E-state index in [2.05, 4.69) is 13.0 Å². The zero-order chi connectivity index (χ0) is 11.5. The van der Waals surface area contributed by atoms with Gasteiger partial charge in [-0.25, -0.2) is 4.79 Å². The van der Waals surface area contributed by atoms with Crippen LogP contribution < -0.4 is 0 Å². The van der Waals surface area contributed by atoms with E-state index in [9.17, 15) is 4.79 Å². The Morgan fingerprint density at radius 1 is 1.27 bits per heavy atom. The number of hydrogen-bond acceptors (Lipinski definition) is 2. The molecule has 0 aliphatic carbocycles. The van der Waals surface area contributed by atoms with Crippen LogP contribution in [0.15, 0.2) is 24.3 Å². The number of hydrogen-bond donors (Lipinski definition) is 0. The van der Waals surface area contributed by atoms with Crippen LogP contribution in [0.25, 0.3) is 0 Å². The lowest BCUT2D eigenvalue weighted by atomic mass is 10.2. The van der Waals surface area contributed by atoms with E-state index in [0.717, 1.165) is 6.42 Å². The van der Waals surface area contributed by atoms with Crippen LogP contribution in [0.3, 0.4) is 0 Å². The number of ether oxygens (including phenoxy) is 1. The van der Waals surface area contributed by atoms with E-state index in [1.807, 2.05) is 19.9 Å². The SMILES string of the molecule is CCCCCC=CC=CC(=O)OC(C)C. The van der Waals surface area contributed by atoms with Crippen LogP contribution in [0, 0.1) is 0 Å². The molecular weight excluding hydrogens is 188 g/mol. The molecular formula is C13H22O2. The highest BCUT2D eigenvalue weighted by Crippen LogP contribution is 1.99. The molecule has 0 aromatic rings. The predicted octanol–water partition coefficient (Wildman–Crippen LogP) is 3.63. The third-order valence-electron chi connectivity index (χ3n) is 1.81. The third-order valence-corrected chi connectivity index (χ3v) is 1.81. The van der Waals surface area contributed by atoms with Crippen molar-refractivity contribution in [1.82, 2.24) is 0 Å². The van der Waals surface area contributed by atoms with E-state index >= 15 is 0 Å². The van der Waals surface area contributed by atoms with E-state index in [1.54, 1.807) is 6.08 Å². The average molecular weight is 210 g/mol. The van der Waals surface area contributed by atoms with Crippen LogP contribution in [-0.4, -0.2) is 12.1 Å². The minimum Gasteiger partial charge on any atom is -0.460 e. The van der Waals surface area contributed by atoms with Crippen molar-refractivity contribution in [3.05, 3.63) is 24.3 Å². The first-order chi connectivity index (χ1) is 7.16. The summed E-state index contributed by atoms with van der Waals surface area (Å²) in [6.07, 6.45) is 11.9. The standard InChI is InChI=1S/C13H22O2/c1-4-5-6-7-8-9-10-11-13(14)15-12(2)3/h8-12H,4-7H2,1-3H3. The lowest BCUT2D eigenvalue weighted by Gasteiger charge is -2.03. The Morgan fingerprint density at radius 2 is 2.00 bits per heavy atom. The Labute approximate surface area is 93.0 Å². The van der Waals surface area contributed by atoms with Crippen LogP contribution in [0.4, 0.5) is 0 Å². The van der Waals surface area contributed by atoms with Crippen LogP contribution in [0.1, 0.15) is 46.5 Å². The fourth-order valence-corrected chi connectivity index (χ4v) is 1.09. The molecule has 0 rings (SSSR count). The highest BCUT2D eigenvalue weighted by molar-refractivity contribution is 5.82. The molecule has 0 aliphatic rings. The molecule has 0 bridgehead atoms. The Kier molecular flexibility index (Phi) is 8.84. The van der Waals surface area contributed by atoms with Gasteiger partial charge >= 0.3 is 5.97 Å². The topological polar surface area (TPSA) is 26.3 Å². The maximum Gasteiger partial charge on any atom is 0.330 e. The van der Waals surface area contributed by atoms with E-state index in [-0.39, 0.29) is 12.1 Å². The van der Waals surface area contributed by atoms with Gasteiger partial charge < -0.3 is 4.74 Å². The van der Waals surface area contributed by atoms with Gasteiger partial charge in [-0.05, 0) is 26.7 Å². The molecule has 2 heteroatoms. The van der Waals surface area contributed by atoms with E-state index in [4.69, 9.17) is 4.74 Å². The van der Waals surface area contributed by atoms with Gasteiger partial charge in [-0.3, -0.25) is 0 Å².